The third-order valence-corrected chi connectivity index (χ3v) is 5.24. The van der Waals surface area contributed by atoms with E-state index in [9.17, 15) is 13.6 Å². The average molecular weight is 365 g/mol. The van der Waals surface area contributed by atoms with E-state index in [4.69, 9.17) is 0 Å². The van der Waals surface area contributed by atoms with Gasteiger partial charge in [-0.2, -0.15) is 11.3 Å². The van der Waals surface area contributed by atoms with Crippen LogP contribution in [0.2, 0.25) is 0 Å². The molecule has 1 fully saturated rings. The molecule has 0 bridgehead atoms. The molecule has 25 heavy (non-hydrogen) atoms. The standard InChI is InChI=1S/C18H21F2N3OS/c1-13(18(24)21-17-10-15(19)2-3-16(17)20)23-7-5-22(6-8-23)11-14-4-9-25-12-14/h2-4,9-10,12-13H,5-8,11H2,1H3,(H,21,24)/t13-/m1/s1. The maximum absolute atomic E-state index is 13.7. The molecule has 1 aliphatic heterocycles. The van der Waals surface area contributed by atoms with Crippen LogP contribution >= 0.6 is 11.3 Å². The second kappa shape index (κ2) is 8.03. The first kappa shape index (κ1) is 18.0. The Kier molecular flexibility index (Phi) is 5.78. The molecule has 1 amide bonds. The zero-order valence-electron chi connectivity index (χ0n) is 14.0. The summed E-state index contributed by atoms with van der Waals surface area (Å²) in [7, 11) is 0. The van der Waals surface area contributed by atoms with Gasteiger partial charge in [0.2, 0.25) is 5.91 Å². The number of nitrogens with zero attached hydrogens (tertiary/aromatic N) is 2. The minimum Gasteiger partial charge on any atom is -0.322 e. The molecule has 1 atom stereocenters. The van der Waals surface area contributed by atoms with Gasteiger partial charge < -0.3 is 5.32 Å². The molecule has 134 valence electrons. The van der Waals surface area contributed by atoms with Crippen molar-refractivity contribution >= 4 is 22.9 Å². The van der Waals surface area contributed by atoms with Crippen LogP contribution in [-0.2, 0) is 11.3 Å². The summed E-state index contributed by atoms with van der Waals surface area (Å²) < 4.78 is 26.9. The fourth-order valence-corrected chi connectivity index (χ4v) is 3.61. The molecule has 1 N–H and O–H groups in total. The van der Waals surface area contributed by atoms with E-state index in [0.29, 0.717) is 0 Å². The summed E-state index contributed by atoms with van der Waals surface area (Å²) in [5.41, 5.74) is 1.19. The number of amides is 1. The molecule has 0 spiro atoms. The monoisotopic (exact) mass is 365 g/mol. The van der Waals surface area contributed by atoms with E-state index in [1.807, 2.05) is 0 Å². The second-order valence-electron chi connectivity index (χ2n) is 6.23. The first-order chi connectivity index (χ1) is 12.0. The molecule has 4 nitrogen and oxygen atoms in total. The zero-order chi connectivity index (χ0) is 17.8. The van der Waals surface area contributed by atoms with Gasteiger partial charge in [-0.05, 0) is 41.4 Å². The first-order valence-corrected chi connectivity index (χ1v) is 9.20. The van der Waals surface area contributed by atoms with Crippen molar-refractivity contribution in [2.45, 2.75) is 19.5 Å². The number of benzene rings is 1. The molecule has 0 unspecified atom stereocenters. The minimum absolute atomic E-state index is 0.118. The van der Waals surface area contributed by atoms with Gasteiger partial charge in [-0.25, -0.2) is 8.78 Å². The predicted octanol–water partition coefficient (Wildman–Crippen LogP) is 3.17. The van der Waals surface area contributed by atoms with Crippen molar-refractivity contribution in [3.8, 4) is 0 Å². The van der Waals surface area contributed by atoms with Gasteiger partial charge in [0, 0.05) is 38.8 Å². The van der Waals surface area contributed by atoms with Crippen LogP contribution in [0.5, 0.6) is 0 Å². The molecular formula is C18H21F2N3OS. The molecule has 1 aromatic heterocycles. The smallest absolute Gasteiger partial charge is 0.241 e. The van der Waals surface area contributed by atoms with Crippen molar-refractivity contribution < 1.29 is 13.6 Å². The number of carbonyl (C=O) groups excluding carboxylic acids is 1. The zero-order valence-corrected chi connectivity index (χ0v) is 14.9. The van der Waals surface area contributed by atoms with Crippen molar-refractivity contribution in [1.82, 2.24) is 9.80 Å². The highest BCUT2D eigenvalue weighted by Gasteiger charge is 2.26. The van der Waals surface area contributed by atoms with E-state index in [1.54, 1.807) is 18.3 Å². The molecule has 1 aliphatic rings. The van der Waals surface area contributed by atoms with Crippen LogP contribution in [0, 0.1) is 11.6 Å². The highest BCUT2D eigenvalue weighted by Crippen LogP contribution is 2.17. The van der Waals surface area contributed by atoms with Crippen molar-refractivity contribution in [1.29, 1.82) is 0 Å². The molecule has 1 aromatic carbocycles. The summed E-state index contributed by atoms with van der Waals surface area (Å²) in [6.45, 7) is 6.01. The lowest BCUT2D eigenvalue weighted by atomic mass is 10.2. The maximum Gasteiger partial charge on any atom is 0.241 e. The fraction of sp³-hybridized carbons (Fsp3) is 0.389. The predicted molar refractivity (Wildman–Crippen MR) is 95.6 cm³/mol. The maximum atomic E-state index is 13.7. The molecule has 7 heteroatoms. The van der Waals surface area contributed by atoms with Gasteiger partial charge in [-0.3, -0.25) is 14.6 Å². The van der Waals surface area contributed by atoms with Crippen molar-refractivity contribution in [2.75, 3.05) is 31.5 Å². The van der Waals surface area contributed by atoms with Gasteiger partial charge in [0.15, 0.2) is 0 Å². The highest BCUT2D eigenvalue weighted by atomic mass is 32.1. The lowest BCUT2D eigenvalue weighted by Gasteiger charge is -2.37. The minimum atomic E-state index is -0.637. The Morgan fingerprint density at radius 3 is 2.68 bits per heavy atom. The molecular weight excluding hydrogens is 344 g/mol. The Bertz CT molecular complexity index is 715. The summed E-state index contributed by atoms with van der Waals surface area (Å²) in [5.74, 6) is -1.54. The molecule has 2 aromatic rings. The quantitative estimate of drug-likeness (QED) is 0.884. The molecule has 0 saturated carbocycles. The number of hydrogen-bond donors (Lipinski definition) is 1. The van der Waals surface area contributed by atoms with Crippen LogP contribution in [0.4, 0.5) is 14.5 Å². The molecule has 0 aliphatic carbocycles. The van der Waals surface area contributed by atoms with Crippen LogP contribution in [0.1, 0.15) is 12.5 Å². The third kappa shape index (κ3) is 4.62. The van der Waals surface area contributed by atoms with Crippen LogP contribution in [0.25, 0.3) is 0 Å². The number of nitrogens with one attached hydrogen (secondary N) is 1. The second-order valence-corrected chi connectivity index (χ2v) is 7.01. The van der Waals surface area contributed by atoms with Crippen LogP contribution in [0.15, 0.2) is 35.0 Å². The number of piperazine rings is 1. The summed E-state index contributed by atoms with van der Waals surface area (Å²) in [5, 5.41) is 6.71. The summed E-state index contributed by atoms with van der Waals surface area (Å²) in [6.07, 6.45) is 0. The van der Waals surface area contributed by atoms with Gasteiger partial charge in [0.25, 0.3) is 0 Å². The molecule has 1 saturated heterocycles. The van der Waals surface area contributed by atoms with Gasteiger partial charge in [-0.15, -0.1) is 0 Å². The SMILES string of the molecule is C[C@H](C(=O)Nc1cc(F)ccc1F)N1CCN(Cc2ccsc2)CC1. The highest BCUT2D eigenvalue weighted by molar-refractivity contribution is 7.07. The number of thiophene rings is 1. The average Bonchev–Trinajstić information content (AvgIpc) is 3.11. The van der Waals surface area contributed by atoms with E-state index in [2.05, 4.69) is 31.9 Å². The molecule has 2 heterocycles. The molecule has 3 rings (SSSR count). The van der Waals surface area contributed by atoms with Crippen LogP contribution in [-0.4, -0.2) is 47.9 Å². The number of halogens is 2. The lowest BCUT2D eigenvalue weighted by Crippen LogP contribution is -2.52. The number of hydrogen-bond acceptors (Lipinski definition) is 4. The Hall–Kier alpha value is -1.83. The van der Waals surface area contributed by atoms with E-state index in [0.717, 1.165) is 50.9 Å². The van der Waals surface area contributed by atoms with Gasteiger partial charge in [0.05, 0.1) is 11.7 Å². The number of carbonyl (C=O) groups is 1. The Balaban J connectivity index is 1.52. The van der Waals surface area contributed by atoms with Gasteiger partial charge in [-0.1, -0.05) is 0 Å². The third-order valence-electron chi connectivity index (χ3n) is 4.51. The van der Waals surface area contributed by atoms with E-state index < -0.39 is 17.7 Å². The molecule has 0 radical (unpaired) electrons. The Labute approximate surface area is 150 Å². The summed E-state index contributed by atoms with van der Waals surface area (Å²) in [4.78, 5) is 16.8. The van der Waals surface area contributed by atoms with E-state index >= 15 is 0 Å². The van der Waals surface area contributed by atoms with E-state index in [-0.39, 0.29) is 11.6 Å². The summed E-state index contributed by atoms with van der Waals surface area (Å²) >= 11 is 1.69. The van der Waals surface area contributed by atoms with Gasteiger partial charge in [0.1, 0.15) is 11.6 Å². The van der Waals surface area contributed by atoms with Crippen molar-refractivity contribution in [3.63, 3.8) is 0 Å². The van der Waals surface area contributed by atoms with Gasteiger partial charge >= 0.3 is 0 Å². The normalized spacial score (nSPS) is 17.4. The number of rotatable bonds is 5. The Morgan fingerprint density at radius 1 is 1.24 bits per heavy atom. The first-order valence-electron chi connectivity index (χ1n) is 8.26. The topological polar surface area (TPSA) is 35.6 Å². The van der Waals surface area contributed by atoms with Crippen molar-refractivity contribution in [3.05, 3.63) is 52.2 Å². The van der Waals surface area contributed by atoms with Crippen LogP contribution < -0.4 is 5.32 Å². The number of anilines is 1. The summed E-state index contributed by atoms with van der Waals surface area (Å²) in [6, 6.07) is 4.77. The van der Waals surface area contributed by atoms with E-state index in [1.165, 1.54) is 5.56 Å². The Morgan fingerprint density at radius 2 is 2.00 bits per heavy atom. The lowest BCUT2D eigenvalue weighted by molar-refractivity contribution is -0.121. The van der Waals surface area contributed by atoms with Crippen LogP contribution in [0.3, 0.4) is 0 Å². The largest absolute Gasteiger partial charge is 0.322 e. The van der Waals surface area contributed by atoms with Crippen molar-refractivity contribution in [2.24, 2.45) is 0 Å². The fourth-order valence-electron chi connectivity index (χ4n) is 2.95.